The standard InChI is InChI=1S/C16H19F3N4O2S.2ClH/c17-16(18,19)13(23-4-2-20-3-5-23)8-21-14(24)7-12-10-26-15(22-12)11-1-6-25-9-11;;/h1,6,9-10,13,20H,2-5,7-8H2,(H,21,24);2*1H. The fourth-order valence-corrected chi connectivity index (χ4v) is 3.60. The van der Waals surface area contributed by atoms with Gasteiger partial charge in [-0.1, -0.05) is 0 Å². The van der Waals surface area contributed by atoms with E-state index in [0.717, 1.165) is 5.56 Å². The maximum absolute atomic E-state index is 13.3. The third kappa shape index (κ3) is 6.63. The summed E-state index contributed by atoms with van der Waals surface area (Å²) < 4.78 is 44.9. The third-order valence-electron chi connectivity index (χ3n) is 4.12. The highest BCUT2D eigenvalue weighted by Crippen LogP contribution is 2.25. The number of hydrogen-bond donors (Lipinski definition) is 2. The van der Waals surface area contributed by atoms with Crippen molar-refractivity contribution < 1.29 is 22.4 Å². The average Bonchev–Trinajstić information content (AvgIpc) is 3.26. The molecule has 2 aromatic rings. The highest BCUT2D eigenvalue weighted by atomic mass is 35.5. The fraction of sp³-hybridized carbons (Fsp3) is 0.500. The molecule has 3 heterocycles. The van der Waals surface area contributed by atoms with Crippen LogP contribution in [0.15, 0.2) is 28.4 Å². The Bertz CT molecular complexity index is 722. The molecule has 0 bridgehead atoms. The van der Waals surface area contributed by atoms with Crippen molar-refractivity contribution in [3.05, 3.63) is 29.7 Å². The van der Waals surface area contributed by atoms with E-state index in [1.165, 1.54) is 22.5 Å². The van der Waals surface area contributed by atoms with E-state index < -0.39 is 24.7 Å². The number of nitrogens with one attached hydrogen (secondary N) is 2. The number of carbonyl (C=O) groups excluding carboxylic acids is 1. The minimum absolute atomic E-state index is 0. The van der Waals surface area contributed by atoms with Crippen LogP contribution in [0.2, 0.25) is 0 Å². The van der Waals surface area contributed by atoms with Crippen molar-refractivity contribution in [2.45, 2.75) is 18.6 Å². The highest BCUT2D eigenvalue weighted by Gasteiger charge is 2.43. The molecule has 1 aliphatic heterocycles. The van der Waals surface area contributed by atoms with Gasteiger partial charge in [0.05, 0.1) is 18.4 Å². The molecule has 1 saturated heterocycles. The van der Waals surface area contributed by atoms with Gasteiger partial charge < -0.3 is 15.1 Å². The van der Waals surface area contributed by atoms with Gasteiger partial charge in [-0.05, 0) is 6.07 Å². The van der Waals surface area contributed by atoms with Crippen LogP contribution in [0, 0.1) is 0 Å². The van der Waals surface area contributed by atoms with Crippen LogP contribution in [0.25, 0.3) is 10.6 Å². The van der Waals surface area contributed by atoms with Crippen molar-refractivity contribution in [2.75, 3.05) is 32.7 Å². The Morgan fingerprint density at radius 2 is 2.07 bits per heavy atom. The molecule has 0 aliphatic carbocycles. The quantitative estimate of drug-likeness (QED) is 0.693. The van der Waals surface area contributed by atoms with Gasteiger partial charge in [0.15, 0.2) is 0 Å². The highest BCUT2D eigenvalue weighted by molar-refractivity contribution is 7.13. The van der Waals surface area contributed by atoms with Gasteiger partial charge in [0.25, 0.3) is 0 Å². The number of hydrogen-bond acceptors (Lipinski definition) is 6. The summed E-state index contributed by atoms with van der Waals surface area (Å²) in [6, 6.07) is 0.0786. The molecule has 0 spiro atoms. The molecule has 1 unspecified atom stereocenters. The van der Waals surface area contributed by atoms with Crippen molar-refractivity contribution in [3.63, 3.8) is 0 Å². The summed E-state index contributed by atoms with van der Waals surface area (Å²) in [6.45, 7) is 1.17. The lowest BCUT2D eigenvalue weighted by Gasteiger charge is -2.35. The second-order valence-electron chi connectivity index (χ2n) is 5.98. The summed E-state index contributed by atoms with van der Waals surface area (Å²) in [5.41, 5.74) is 1.33. The van der Waals surface area contributed by atoms with Crippen LogP contribution >= 0.6 is 36.2 Å². The maximum Gasteiger partial charge on any atom is 0.405 e. The van der Waals surface area contributed by atoms with Crippen molar-refractivity contribution in [1.82, 2.24) is 20.5 Å². The number of aromatic nitrogens is 1. The molecular formula is C16H21Cl2F3N4O2S. The molecule has 1 amide bonds. The molecule has 12 heteroatoms. The van der Waals surface area contributed by atoms with Gasteiger partial charge in [0.2, 0.25) is 5.91 Å². The fourth-order valence-electron chi connectivity index (χ4n) is 2.79. The molecule has 0 aromatic carbocycles. The predicted octanol–water partition coefficient (Wildman–Crippen LogP) is 2.74. The number of nitrogens with zero attached hydrogens (tertiary/aromatic N) is 2. The smallest absolute Gasteiger partial charge is 0.405 e. The number of alkyl halides is 3. The van der Waals surface area contributed by atoms with Gasteiger partial charge >= 0.3 is 6.18 Å². The van der Waals surface area contributed by atoms with Crippen molar-refractivity contribution in [3.8, 4) is 10.6 Å². The average molecular weight is 461 g/mol. The van der Waals surface area contributed by atoms with Gasteiger partial charge in [0.1, 0.15) is 17.3 Å². The topological polar surface area (TPSA) is 70.4 Å². The molecule has 6 nitrogen and oxygen atoms in total. The van der Waals surface area contributed by atoms with E-state index in [4.69, 9.17) is 4.42 Å². The van der Waals surface area contributed by atoms with Crippen LogP contribution in [0.1, 0.15) is 5.69 Å². The summed E-state index contributed by atoms with van der Waals surface area (Å²) in [5.74, 6) is -0.474. The Hall–Kier alpha value is -1.33. The minimum Gasteiger partial charge on any atom is -0.472 e. The number of amides is 1. The molecule has 1 aliphatic rings. The Balaban J connectivity index is 0.00000196. The monoisotopic (exact) mass is 460 g/mol. The molecule has 3 rings (SSSR count). The molecule has 1 atom stereocenters. The minimum atomic E-state index is -4.39. The molecule has 2 N–H and O–H groups in total. The lowest BCUT2D eigenvalue weighted by Crippen LogP contribution is -2.57. The van der Waals surface area contributed by atoms with E-state index in [1.807, 2.05) is 0 Å². The van der Waals surface area contributed by atoms with Crippen LogP contribution in [0.5, 0.6) is 0 Å². The number of piperazine rings is 1. The summed E-state index contributed by atoms with van der Waals surface area (Å²) in [7, 11) is 0. The SMILES string of the molecule is Cl.Cl.O=C(Cc1csc(-c2ccoc2)n1)NCC(N1CCNCC1)C(F)(F)F. The van der Waals surface area contributed by atoms with Crippen LogP contribution in [-0.4, -0.2) is 60.7 Å². The normalized spacial score (nSPS) is 16.0. The molecule has 0 saturated carbocycles. The van der Waals surface area contributed by atoms with Gasteiger partial charge in [-0.3, -0.25) is 9.69 Å². The first-order valence-corrected chi connectivity index (χ1v) is 9.06. The third-order valence-corrected chi connectivity index (χ3v) is 5.06. The first-order chi connectivity index (χ1) is 12.4. The number of furan rings is 1. The van der Waals surface area contributed by atoms with Gasteiger partial charge in [-0.25, -0.2) is 4.98 Å². The Labute approximate surface area is 176 Å². The summed E-state index contributed by atoms with van der Waals surface area (Å²) >= 11 is 1.35. The second kappa shape index (κ2) is 11.0. The number of halogens is 5. The summed E-state index contributed by atoms with van der Waals surface area (Å²) in [4.78, 5) is 17.7. The Kier molecular flexibility index (Phi) is 9.72. The van der Waals surface area contributed by atoms with E-state index in [9.17, 15) is 18.0 Å². The lowest BCUT2D eigenvalue weighted by atomic mass is 10.2. The lowest BCUT2D eigenvalue weighted by molar-refractivity contribution is -0.184. The summed E-state index contributed by atoms with van der Waals surface area (Å²) in [6.07, 6.45) is -1.37. The first-order valence-electron chi connectivity index (χ1n) is 8.18. The van der Waals surface area contributed by atoms with Crippen LogP contribution in [-0.2, 0) is 11.2 Å². The zero-order chi connectivity index (χ0) is 18.6. The maximum atomic E-state index is 13.3. The van der Waals surface area contributed by atoms with Gasteiger partial charge in [-0.2, -0.15) is 13.2 Å². The molecule has 2 aromatic heterocycles. The molecule has 0 radical (unpaired) electrons. The zero-order valence-electron chi connectivity index (χ0n) is 14.7. The largest absolute Gasteiger partial charge is 0.472 e. The van der Waals surface area contributed by atoms with Crippen molar-refractivity contribution >= 4 is 42.1 Å². The molecule has 158 valence electrons. The second-order valence-corrected chi connectivity index (χ2v) is 6.84. The van der Waals surface area contributed by atoms with E-state index in [-0.39, 0.29) is 31.2 Å². The van der Waals surface area contributed by atoms with Gasteiger partial charge in [0, 0.05) is 43.7 Å². The summed E-state index contributed by atoms with van der Waals surface area (Å²) in [5, 5.41) is 7.85. The first kappa shape index (κ1) is 24.7. The van der Waals surface area contributed by atoms with Crippen LogP contribution in [0.4, 0.5) is 13.2 Å². The molecule has 1 fully saturated rings. The van der Waals surface area contributed by atoms with Crippen LogP contribution < -0.4 is 10.6 Å². The van der Waals surface area contributed by atoms with E-state index in [2.05, 4.69) is 15.6 Å². The Morgan fingerprint density at radius 3 is 2.68 bits per heavy atom. The van der Waals surface area contributed by atoms with Gasteiger partial charge in [-0.15, -0.1) is 36.2 Å². The predicted molar refractivity (Wildman–Crippen MR) is 105 cm³/mol. The van der Waals surface area contributed by atoms with E-state index in [1.54, 1.807) is 17.7 Å². The van der Waals surface area contributed by atoms with E-state index >= 15 is 0 Å². The van der Waals surface area contributed by atoms with E-state index in [0.29, 0.717) is 36.9 Å². The van der Waals surface area contributed by atoms with Crippen molar-refractivity contribution in [2.24, 2.45) is 0 Å². The molecule has 28 heavy (non-hydrogen) atoms. The molecular weight excluding hydrogens is 440 g/mol. The van der Waals surface area contributed by atoms with Crippen molar-refractivity contribution in [1.29, 1.82) is 0 Å². The number of rotatable bonds is 6. The Morgan fingerprint density at radius 1 is 1.36 bits per heavy atom. The van der Waals surface area contributed by atoms with Crippen LogP contribution in [0.3, 0.4) is 0 Å². The number of thiazole rings is 1. The zero-order valence-corrected chi connectivity index (χ0v) is 17.1. The number of carbonyl (C=O) groups is 1.